The molecule has 0 saturated carbocycles. The molecule has 10 nitrogen and oxygen atoms in total. The van der Waals surface area contributed by atoms with E-state index >= 15 is 0 Å². The van der Waals surface area contributed by atoms with Crippen molar-refractivity contribution in [2.24, 2.45) is 0 Å². The molecule has 3 aromatic carbocycles. The standard InChI is InChI=1S/C27H30N6O4S/c1-36-24-12-3-18(15-19-17-31-27(30)32-26(19)29)16-25(24)37-14-2-13-33(21-6-4-20(28)5-7-21)22-8-10-23(11-9-22)38(34)35/h3-12,16-17H,2,13-15,28H2,1H3,(H,34,35)(H4,29,30,31,32). The van der Waals surface area contributed by atoms with Gasteiger partial charge in [0.15, 0.2) is 22.6 Å². The Balaban J connectivity index is 1.45. The summed E-state index contributed by atoms with van der Waals surface area (Å²) < 4.78 is 32.3. The van der Waals surface area contributed by atoms with Crippen LogP contribution in [0.3, 0.4) is 0 Å². The van der Waals surface area contributed by atoms with E-state index in [1.54, 1.807) is 25.4 Å². The molecule has 0 radical (unpaired) electrons. The minimum Gasteiger partial charge on any atom is -0.493 e. The molecule has 1 atom stereocenters. The molecule has 1 unspecified atom stereocenters. The van der Waals surface area contributed by atoms with Crippen LogP contribution in [0.25, 0.3) is 0 Å². The lowest BCUT2D eigenvalue weighted by atomic mass is 10.1. The summed E-state index contributed by atoms with van der Waals surface area (Å²) in [5.74, 6) is 1.72. The van der Waals surface area contributed by atoms with E-state index in [0.717, 1.165) is 22.5 Å². The lowest BCUT2D eigenvalue weighted by molar-refractivity contribution is 0.291. The van der Waals surface area contributed by atoms with Gasteiger partial charge in [0.2, 0.25) is 5.95 Å². The fraction of sp³-hybridized carbons (Fsp3) is 0.185. The van der Waals surface area contributed by atoms with Crippen LogP contribution in [0.2, 0.25) is 0 Å². The summed E-state index contributed by atoms with van der Waals surface area (Å²) in [5, 5.41) is 0. The highest BCUT2D eigenvalue weighted by Gasteiger charge is 2.13. The minimum absolute atomic E-state index is 0.136. The van der Waals surface area contributed by atoms with E-state index < -0.39 is 11.1 Å². The summed E-state index contributed by atoms with van der Waals surface area (Å²) in [6, 6.07) is 20.2. The Morgan fingerprint density at radius 3 is 2.26 bits per heavy atom. The molecule has 0 aliphatic carbocycles. The number of ether oxygens (including phenoxy) is 2. The maximum Gasteiger partial charge on any atom is 0.221 e. The Bertz CT molecular complexity index is 1400. The quantitative estimate of drug-likeness (QED) is 0.126. The molecule has 0 aliphatic heterocycles. The van der Waals surface area contributed by atoms with Crippen LogP contribution >= 0.6 is 0 Å². The zero-order valence-electron chi connectivity index (χ0n) is 20.9. The lowest BCUT2D eigenvalue weighted by Crippen LogP contribution is -2.20. The van der Waals surface area contributed by atoms with Gasteiger partial charge in [0.1, 0.15) is 5.82 Å². The molecule has 0 amide bonds. The molecule has 4 aromatic rings. The van der Waals surface area contributed by atoms with E-state index in [2.05, 4.69) is 14.9 Å². The second-order valence-corrected chi connectivity index (χ2v) is 9.46. The van der Waals surface area contributed by atoms with Gasteiger partial charge in [-0.3, -0.25) is 0 Å². The number of nitrogens with two attached hydrogens (primary N) is 3. The highest BCUT2D eigenvalue weighted by atomic mass is 32.2. The van der Waals surface area contributed by atoms with Crippen molar-refractivity contribution in [1.82, 2.24) is 9.97 Å². The Kier molecular flexibility index (Phi) is 8.62. The van der Waals surface area contributed by atoms with E-state index in [-0.39, 0.29) is 5.95 Å². The van der Waals surface area contributed by atoms with Gasteiger partial charge in [0, 0.05) is 41.8 Å². The molecule has 38 heavy (non-hydrogen) atoms. The van der Waals surface area contributed by atoms with Gasteiger partial charge in [-0.1, -0.05) is 6.07 Å². The van der Waals surface area contributed by atoms with Crippen molar-refractivity contribution >= 4 is 39.9 Å². The Morgan fingerprint density at radius 2 is 1.63 bits per heavy atom. The van der Waals surface area contributed by atoms with Gasteiger partial charge in [0.05, 0.1) is 18.6 Å². The maximum absolute atomic E-state index is 11.4. The zero-order chi connectivity index (χ0) is 27.1. The first kappa shape index (κ1) is 26.7. The molecule has 1 heterocycles. The number of benzene rings is 3. The number of nitrogens with zero attached hydrogens (tertiary/aromatic N) is 3. The molecule has 0 aliphatic rings. The summed E-state index contributed by atoms with van der Waals surface area (Å²) in [7, 11) is 1.60. The molecule has 0 spiro atoms. The molecule has 198 valence electrons. The van der Waals surface area contributed by atoms with Crippen LogP contribution < -0.4 is 31.6 Å². The van der Waals surface area contributed by atoms with Crippen LogP contribution in [-0.2, 0) is 17.5 Å². The molecule has 0 fully saturated rings. The summed E-state index contributed by atoms with van der Waals surface area (Å²) in [6.45, 7) is 1.06. The van der Waals surface area contributed by atoms with Crippen LogP contribution in [-0.4, -0.2) is 39.0 Å². The normalized spacial score (nSPS) is 11.6. The van der Waals surface area contributed by atoms with Crippen LogP contribution in [0.15, 0.2) is 77.8 Å². The smallest absolute Gasteiger partial charge is 0.221 e. The molecular formula is C27H30N6O4S. The summed E-state index contributed by atoms with van der Waals surface area (Å²) in [5.41, 5.74) is 21.7. The molecular weight excluding hydrogens is 504 g/mol. The maximum atomic E-state index is 11.4. The van der Waals surface area contributed by atoms with E-state index in [4.69, 9.17) is 26.7 Å². The largest absolute Gasteiger partial charge is 0.493 e. The fourth-order valence-corrected chi connectivity index (χ4v) is 4.31. The summed E-state index contributed by atoms with van der Waals surface area (Å²) in [6.07, 6.45) is 2.83. The first-order valence-electron chi connectivity index (χ1n) is 11.8. The molecule has 0 bridgehead atoms. The number of aromatic nitrogens is 2. The number of rotatable bonds is 11. The lowest BCUT2D eigenvalue weighted by Gasteiger charge is -2.25. The van der Waals surface area contributed by atoms with Crippen molar-refractivity contribution in [3.63, 3.8) is 0 Å². The third kappa shape index (κ3) is 6.69. The Labute approximate surface area is 223 Å². The van der Waals surface area contributed by atoms with Gasteiger partial charge in [-0.25, -0.2) is 9.19 Å². The monoisotopic (exact) mass is 534 g/mol. The minimum atomic E-state index is -2.03. The number of methoxy groups -OCH3 is 1. The number of nitrogen functional groups attached to an aromatic ring is 3. The van der Waals surface area contributed by atoms with Gasteiger partial charge >= 0.3 is 0 Å². The third-order valence-corrected chi connectivity index (χ3v) is 6.55. The van der Waals surface area contributed by atoms with E-state index in [1.807, 2.05) is 54.6 Å². The topological polar surface area (TPSA) is 163 Å². The van der Waals surface area contributed by atoms with E-state index in [9.17, 15) is 8.76 Å². The van der Waals surface area contributed by atoms with Gasteiger partial charge < -0.3 is 36.1 Å². The van der Waals surface area contributed by atoms with Gasteiger partial charge in [0.25, 0.3) is 0 Å². The van der Waals surface area contributed by atoms with Crippen LogP contribution in [0.1, 0.15) is 17.5 Å². The second-order valence-electron chi connectivity index (χ2n) is 8.49. The third-order valence-electron chi connectivity index (χ3n) is 5.88. The highest BCUT2D eigenvalue weighted by molar-refractivity contribution is 7.79. The van der Waals surface area contributed by atoms with Gasteiger partial charge in [-0.15, -0.1) is 0 Å². The second kappa shape index (κ2) is 12.3. The van der Waals surface area contributed by atoms with Gasteiger partial charge in [-0.2, -0.15) is 4.98 Å². The zero-order valence-corrected chi connectivity index (χ0v) is 21.7. The predicted octanol–water partition coefficient (Wildman–Crippen LogP) is 4.01. The molecule has 7 N–H and O–H groups in total. The molecule has 11 heteroatoms. The predicted molar refractivity (Wildman–Crippen MR) is 150 cm³/mol. The highest BCUT2D eigenvalue weighted by Crippen LogP contribution is 2.31. The number of anilines is 5. The van der Waals surface area contributed by atoms with Crippen molar-refractivity contribution in [1.29, 1.82) is 0 Å². The Hall–Kier alpha value is -4.35. The van der Waals surface area contributed by atoms with Crippen molar-refractivity contribution < 1.29 is 18.2 Å². The van der Waals surface area contributed by atoms with Crippen LogP contribution in [0.4, 0.5) is 28.8 Å². The van der Waals surface area contributed by atoms with Crippen LogP contribution in [0.5, 0.6) is 11.5 Å². The first-order valence-corrected chi connectivity index (χ1v) is 13.0. The molecule has 1 aromatic heterocycles. The fourth-order valence-electron chi connectivity index (χ4n) is 3.94. The average Bonchev–Trinajstić information content (AvgIpc) is 2.91. The van der Waals surface area contributed by atoms with Crippen LogP contribution in [0, 0.1) is 0 Å². The van der Waals surface area contributed by atoms with Crippen molar-refractivity contribution in [2.45, 2.75) is 17.7 Å². The van der Waals surface area contributed by atoms with E-state index in [0.29, 0.717) is 53.9 Å². The first-order chi connectivity index (χ1) is 18.3. The van der Waals surface area contributed by atoms with Crippen molar-refractivity contribution in [2.75, 3.05) is 42.4 Å². The molecule has 4 rings (SSSR count). The SMILES string of the molecule is COc1ccc(Cc2cnc(N)nc2N)cc1OCCCN(c1ccc(N)cc1)c1ccc(S(=O)O)cc1. The summed E-state index contributed by atoms with van der Waals surface area (Å²) >= 11 is -2.03. The number of hydrogen-bond acceptors (Lipinski definition) is 9. The van der Waals surface area contributed by atoms with Crippen molar-refractivity contribution in [3.8, 4) is 11.5 Å². The summed E-state index contributed by atoms with van der Waals surface area (Å²) in [4.78, 5) is 10.5. The Morgan fingerprint density at radius 1 is 0.947 bits per heavy atom. The van der Waals surface area contributed by atoms with Crippen molar-refractivity contribution in [3.05, 3.63) is 84.1 Å². The van der Waals surface area contributed by atoms with Gasteiger partial charge in [-0.05, 0) is 72.6 Å². The molecule has 0 saturated heterocycles. The van der Waals surface area contributed by atoms with E-state index in [1.165, 1.54) is 0 Å². The average molecular weight is 535 g/mol. The number of hydrogen-bond donors (Lipinski definition) is 4.